The first kappa shape index (κ1) is 12.5. The number of ether oxygens (including phenoxy) is 1. The van der Waals surface area contributed by atoms with Crippen molar-refractivity contribution in [3.8, 4) is 0 Å². The van der Waals surface area contributed by atoms with E-state index in [1.54, 1.807) is 0 Å². The average molecular weight is 214 g/mol. The third-order valence-electron chi connectivity index (χ3n) is 3.67. The Balaban J connectivity index is 2.25. The number of hydrogen-bond acceptors (Lipinski definition) is 2. The standard InChI is InChI=1S/C12H24NO2/c1-4-12-5-7-13(3,8-6-12)9-10-15-11(2)14/h12H,4-10H2,1-3H3/q+1. The number of esters is 1. The second-order valence-corrected chi connectivity index (χ2v) is 4.98. The molecule has 1 rings (SSSR count). The van der Waals surface area contributed by atoms with Gasteiger partial charge in [0.2, 0.25) is 0 Å². The number of carbonyl (C=O) groups excluding carboxylic acids is 1. The zero-order chi connectivity index (χ0) is 11.3. The Kier molecular flexibility index (Phi) is 4.58. The van der Waals surface area contributed by atoms with E-state index in [1.807, 2.05) is 0 Å². The van der Waals surface area contributed by atoms with Crippen molar-refractivity contribution in [3.05, 3.63) is 0 Å². The van der Waals surface area contributed by atoms with Gasteiger partial charge in [-0.3, -0.25) is 4.79 Å². The molecule has 0 saturated carbocycles. The van der Waals surface area contributed by atoms with Gasteiger partial charge in [-0.05, 0) is 18.8 Å². The largest absolute Gasteiger partial charge is 0.460 e. The lowest BCUT2D eigenvalue weighted by Gasteiger charge is -2.40. The van der Waals surface area contributed by atoms with Crippen LogP contribution in [0.15, 0.2) is 0 Å². The maximum atomic E-state index is 10.7. The van der Waals surface area contributed by atoms with Crippen molar-refractivity contribution in [3.63, 3.8) is 0 Å². The number of hydrogen-bond donors (Lipinski definition) is 0. The van der Waals surface area contributed by atoms with Crippen LogP contribution in [0.4, 0.5) is 0 Å². The molecule has 0 aromatic heterocycles. The molecule has 0 spiro atoms. The summed E-state index contributed by atoms with van der Waals surface area (Å²) in [4.78, 5) is 10.7. The van der Waals surface area contributed by atoms with Crippen LogP contribution in [0.25, 0.3) is 0 Å². The molecule has 0 N–H and O–H groups in total. The average Bonchev–Trinajstić information content (AvgIpc) is 2.18. The first-order valence-corrected chi connectivity index (χ1v) is 6.02. The molecule has 3 heteroatoms. The summed E-state index contributed by atoms with van der Waals surface area (Å²) < 4.78 is 6.08. The van der Waals surface area contributed by atoms with Crippen molar-refractivity contribution < 1.29 is 14.0 Å². The Morgan fingerprint density at radius 3 is 2.47 bits per heavy atom. The molecule has 0 aliphatic carbocycles. The number of quaternary nitrogens is 1. The first-order valence-electron chi connectivity index (χ1n) is 6.02. The number of nitrogens with zero attached hydrogens (tertiary/aromatic N) is 1. The monoisotopic (exact) mass is 214 g/mol. The van der Waals surface area contributed by atoms with Gasteiger partial charge in [0.15, 0.2) is 0 Å². The van der Waals surface area contributed by atoms with E-state index in [-0.39, 0.29) is 5.97 Å². The van der Waals surface area contributed by atoms with Crippen LogP contribution >= 0.6 is 0 Å². The Morgan fingerprint density at radius 2 is 2.00 bits per heavy atom. The summed E-state index contributed by atoms with van der Waals surface area (Å²) in [6.07, 6.45) is 3.96. The molecule has 1 aliphatic rings. The van der Waals surface area contributed by atoms with Gasteiger partial charge < -0.3 is 9.22 Å². The van der Waals surface area contributed by atoms with E-state index in [0.29, 0.717) is 6.61 Å². The minimum Gasteiger partial charge on any atom is -0.460 e. The van der Waals surface area contributed by atoms with E-state index >= 15 is 0 Å². The summed E-state index contributed by atoms with van der Waals surface area (Å²) in [6.45, 7) is 7.76. The number of likely N-dealkylation sites (tertiary alicyclic amines) is 1. The Bertz CT molecular complexity index is 208. The highest BCUT2D eigenvalue weighted by molar-refractivity contribution is 5.65. The van der Waals surface area contributed by atoms with Gasteiger partial charge in [0, 0.05) is 6.92 Å². The summed E-state index contributed by atoms with van der Waals surface area (Å²) >= 11 is 0. The van der Waals surface area contributed by atoms with E-state index in [0.717, 1.165) is 16.9 Å². The number of piperidine rings is 1. The molecule has 0 unspecified atom stereocenters. The van der Waals surface area contributed by atoms with Crippen LogP contribution < -0.4 is 0 Å². The van der Waals surface area contributed by atoms with Crippen LogP contribution in [-0.2, 0) is 9.53 Å². The lowest BCUT2D eigenvalue weighted by Crippen LogP contribution is -2.51. The zero-order valence-electron chi connectivity index (χ0n) is 10.3. The van der Waals surface area contributed by atoms with Crippen molar-refractivity contribution in [1.82, 2.24) is 0 Å². The highest BCUT2D eigenvalue weighted by Gasteiger charge is 2.28. The van der Waals surface area contributed by atoms with Crippen LogP contribution in [0.2, 0.25) is 0 Å². The molecule has 1 fully saturated rings. The van der Waals surface area contributed by atoms with E-state index in [9.17, 15) is 4.79 Å². The minimum absolute atomic E-state index is 0.162. The molecule has 0 aromatic rings. The van der Waals surface area contributed by atoms with Crippen molar-refractivity contribution in [2.24, 2.45) is 5.92 Å². The van der Waals surface area contributed by atoms with Crippen molar-refractivity contribution in [1.29, 1.82) is 0 Å². The van der Waals surface area contributed by atoms with Crippen LogP contribution in [0.1, 0.15) is 33.1 Å². The summed E-state index contributed by atoms with van der Waals surface area (Å²) in [6, 6.07) is 0. The molecular weight excluding hydrogens is 190 g/mol. The number of rotatable bonds is 4. The number of likely N-dealkylation sites (N-methyl/N-ethyl adjacent to an activating group) is 1. The molecule has 3 nitrogen and oxygen atoms in total. The fraction of sp³-hybridized carbons (Fsp3) is 0.917. The minimum atomic E-state index is -0.162. The molecule has 1 aliphatic heterocycles. The molecule has 15 heavy (non-hydrogen) atoms. The van der Waals surface area contributed by atoms with Gasteiger partial charge in [-0.25, -0.2) is 0 Å². The van der Waals surface area contributed by atoms with Crippen LogP contribution in [0, 0.1) is 5.92 Å². The predicted octanol–water partition coefficient (Wildman–Crippen LogP) is 1.82. The van der Waals surface area contributed by atoms with Crippen LogP contribution in [0.5, 0.6) is 0 Å². The van der Waals surface area contributed by atoms with E-state index in [4.69, 9.17) is 4.74 Å². The summed E-state index contributed by atoms with van der Waals surface area (Å²) in [5.74, 6) is 0.759. The normalized spacial score (nSPS) is 31.3. The molecule has 1 heterocycles. The molecule has 0 amide bonds. The van der Waals surface area contributed by atoms with Gasteiger partial charge in [0.05, 0.1) is 20.1 Å². The molecule has 0 atom stereocenters. The third kappa shape index (κ3) is 4.20. The Morgan fingerprint density at radius 1 is 1.40 bits per heavy atom. The van der Waals surface area contributed by atoms with E-state index in [1.165, 1.54) is 39.3 Å². The van der Waals surface area contributed by atoms with Crippen LogP contribution in [0.3, 0.4) is 0 Å². The maximum absolute atomic E-state index is 10.7. The molecule has 0 aromatic carbocycles. The van der Waals surface area contributed by atoms with Crippen molar-refractivity contribution >= 4 is 5.97 Å². The molecule has 1 saturated heterocycles. The molecule has 0 bridgehead atoms. The van der Waals surface area contributed by atoms with E-state index in [2.05, 4.69) is 14.0 Å². The first-order chi connectivity index (χ1) is 7.06. The van der Waals surface area contributed by atoms with Gasteiger partial charge in [-0.15, -0.1) is 0 Å². The molecular formula is C12H24NO2+. The van der Waals surface area contributed by atoms with E-state index < -0.39 is 0 Å². The van der Waals surface area contributed by atoms with Gasteiger partial charge in [-0.1, -0.05) is 13.3 Å². The van der Waals surface area contributed by atoms with Gasteiger partial charge in [0.1, 0.15) is 13.2 Å². The Labute approximate surface area is 93.0 Å². The van der Waals surface area contributed by atoms with Gasteiger partial charge >= 0.3 is 5.97 Å². The summed E-state index contributed by atoms with van der Waals surface area (Å²) in [5, 5.41) is 0. The fourth-order valence-corrected chi connectivity index (χ4v) is 2.29. The lowest BCUT2D eigenvalue weighted by molar-refractivity contribution is -0.915. The fourth-order valence-electron chi connectivity index (χ4n) is 2.29. The third-order valence-corrected chi connectivity index (χ3v) is 3.67. The lowest BCUT2D eigenvalue weighted by atomic mass is 9.93. The SMILES string of the molecule is CCC1CC[N+](C)(CCOC(C)=O)CC1. The highest BCUT2D eigenvalue weighted by Crippen LogP contribution is 2.23. The van der Waals surface area contributed by atoms with Crippen molar-refractivity contribution in [2.45, 2.75) is 33.1 Å². The smallest absolute Gasteiger partial charge is 0.302 e. The predicted molar refractivity (Wildman–Crippen MR) is 60.4 cm³/mol. The quantitative estimate of drug-likeness (QED) is 0.527. The molecule has 0 radical (unpaired) electrons. The van der Waals surface area contributed by atoms with Crippen LogP contribution in [-0.4, -0.2) is 43.7 Å². The number of carbonyl (C=O) groups is 1. The topological polar surface area (TPSA) is 26.3 Å². The highest BCUT2D eigenvalue weighted by atomic mass is 16.5. The second-order valence-electron chi connectivity index (χ2n) is 4.98. The summed E-state index contributed by atoms with van der Waals surface area (Å²) in [7, 11) is 2.27. The summed E-state index contributed by atoms with van der Waals surface area (Å²) in [5.41, 5.74) is 0. The molecule has 88 valence electrons. The maximum Gasteiger partial charge on any atom is 0.302 e. The zero-order valence-corrected chi connectivity index (χ0v) is 10.3. The van der Waals surface area contributed by atoms with Crippen molar-refractivity contribution in [2.75, 3.05) is 33.3 Å². The van der Waals surface area contributed by atoms with Gasteiger partial charge in [0.25, 0.3) is 0 Å². The Hall–Kier alpha value is -0.570. The second kappa shape index (κ2) is 5.50. The van der Waals surface area contributed by atoms with Gasteiger partial charge in [-0.2, -0.15) is 0 Å².